The Bertz CT molecular complexity index is 776. The predicted octanol–water partition coefficient (Wildman–Crippen LogP) is 4.40. The van der Waals surface area contributed by atoms with E-state index < -0.39 is 6.04 Å². The topological polar surface area (TPSA) is 49.4 Å². The molecule has 1 N–H and O–H groups in total. The first kappa shape index (κ1) is 21.4. The third kappa shape index (κ3) is 6.64. The SMILES string of the molecule is CC(C(=O)NC1CCCC1)N(Cc1ccccc1)C(=O)CSCc1ccccc1. The van der Waals surface area contributed by atoms with E-state index in [-0.39, 0.29) is 17.9 Å². The van der Waals surface area contributed by atoms with E-state index in [0.717, 1.165) is 24.2 Å². The van der Waals surface area contributed by atoms with Gasteiger partial charge < -0.3 is 10.2 Å². The number of amides is 2. The quantitative estimate of drug-likeness (QED) is 0.667. The molecule has 1 aliphatic carbocycles. The van der Waals surface area contributed by atoms with Crippen molar-refractivity contribution in [2.45, 2.75) is 57.0 Å². The van der Waals surface area contributed by atoms with Crippen LogP contribution in [-0.2, 0) is 21.9 Å². The van der Waals surface area contributed by atoms with Gasteiger partial charge in [0.25, 0.3) is 0 Å². The first-order valence-electron chi connectivity index (χ1n) is 10.4. The number of hydrogen-bond donors (Lipinski definition) is 1. The molecule has 2 aromatic carbocycles. The zero-order chi connectivity index (χ0) is 20.5. The molecule has 0 radical (unpaired) electrons. The van der Waals surface area contributed by atoms with Gasteiger partial charge in [0.15, 0.2) is 0 Å². The minimum atomic E-state index is -0.486. The van der Waals surface area contributed by atoms with E-state index in [1.165, 1.54) is 18.4 Å². The fourth-order valence-corrected chi connectivity index (χ4v) is 4.54. The minimum Gasteiger partial charge on any atom is -0.352 e. The standard InChI is InChI=1S/C24H30N2O2S/c1-19(24(28)25-22-14-8-9-15-22)26(16-20-10-4-2-5-11-20)23(27)18-29-17-21-12-6-3-7-13-21/h2-7,10-13,19,22H,8-9,14-18H2,1H3,(H,25,28). The molecular weight excluding hydrogens is 380 g/mol. The van der Waals surface area contributed by atoms with Crippen LogP contribution in [-0.4, -0.2) is 34.6 Å². The lowest BCUT2D eigenvalue weighted by Gasteiger charge is -2.29. The first-order chi connectivity index (χ1) is 14.1. The maximum Gasteiger partial charge on any atom is 0.242 e. The molecule has 0 saturated heterocycles. The van der Waals surface area contributed by atoms with Crippen LogP contribution in [0, 0.1) is 0 Å². The molecule has 2 aromatic rings. The summed E-state index contributed by atoms with van der Waals surface area (Å²) in [6.07, 6.45) is 4.42. The number of rotatable bonds is 9. The third-order valence-electron chi connectivity index (χ3n) is 5.40. The molecule has 0 aliphatic heterocycles. The molecule has 154 valence electrons. The molecule has 0 spiro atoms. The van der Waals surface area contributed by atoms with Gasteiger partial charge in [-0.1, -0.05) is 73.5 Å². The van der Waals surface area contributed by atoms with Crippen LogP contribution >= 0.6 is 11.8 Å². The summed E-state index contributed by atoms with van der Waals surface area (Å²) in [5, 5.41) is 3.14. The number of nitrogens with one attached hydrogen (secondary N) is 1. The summed E-state index contributed by atoms with van der Waals surface area (Å²) in [7, 11) is 0. The zero-order valence-electron chi connectivity index (χ0n) is 17.0. The molecule has 1 atom stereocenters. The van der Waals surface area contributed by atoms with E-state index in [9.17, 15) is 9.59 Å². The Morgan fingerprint density at radius 1 is 1.00 bits per heavy atom. The highest BCUT2D eigenvalue weighted by Crippen LogP contribution is 2.19. The fraction of sp³-hybridized carbons (Fsp3) is 0.417. The Labute approximate surface area is 178 Å². The maximum atomic E-state index is 13.0. The van der Waals surface area contributed by atoms with Crippen LogP contribution in [0.2, 0.25) is 0 Å². The molecule has 29 heavy (non-hydrogen) atoms. The predicted molar refractivity (Wildman–Crippen MR) is 119 cm³/mol. The van der Waals surface area contributed by atoms with E-state index in [4.69, 9.17) is 0 Å². The van der Waals surface area contributed by atoms with Gasteiger partial charge in [-0.3, -0.25) is 9.59 Å². The lowest BCUT2D eigenvalue weighted by Crippen LogP contribution is -2.50. The molecule has 4 nitrogen and oxygen atoms in total. The summed E-state index contributed by atoms with van der Waals surface area (Å²) >= 11 is 1.59. The lowest BCUT2D eigenvalue weighted by molar-refractivity contribution is -0.138. The smallest absolute Gasteiger partial charge is 0.242 e. The maximum absolute atomic E-state index is 13.0. The van der Waals surface area contributed by atoms with Crippen LogP contribution < -0.4 is 5.32 Å². The molecule has 5 heteroatoms. The summed E-state index contributed by atoms with van der Waals surface area (Å²) in [4.78, 5) is 27.6. The van der Waals surface area contributed by atoms with Crippen molar-refractivity contribution in [3.8, 4) is 0 Å². The Kier molecular flexibility index (Phi) is 8.17. The summed E-state index contributed by atoms with van der Waals surface area (Å²) in [5.74, 6) is 1.11. The Hall–Kier alpha value is -2.27. The van der Waals surface area contributed by atoms with Crippen molar-refractivity contribution < 1.29 is 9.59 Å². The first-order valence-corrected chi connectivity index (χ1v) is 11.5. The second kappa shape index (κ2) is 11.1. The molecule has 3 rings (SSSR count). The highest BCUT2D eigenvalue weighted by molar-refractivity contribution is 7.99. The fourth-order valence-electron chi connectivity index (χ4n) is 3.67. The molecule has 1 unspecified atom stereocenters. The molecule has 0 aromatic heterocycles. The Balaban J connectivity index is 1.62. The number of benzene rings is 2. The van der Waals surface area contributed by atoms with Gasteiger partial charge in [-0.2, -0.15) is 0 Å². The van der Waals surface area contributed by atoms with E-state index in [1.807, 2.05) is 55.5 Å². The van der Waals surface area contributed by atoms with Crippen LogP contribution in [0.5, 0.6) is 0 Å². The van der Waals surface area contributed by atoms with E-state index in [2.05, 4.69) is 17.4 Å². The van der Waals surface area contributed by atoms with Crippen LogP contribution in [0.3, 0.4) is 0 Å². The van der Waals surface area contributed by atoms with Crippen LogP contribution in [0.1, 0.15) is 43.7 Å². The number of nitrogens with zero attached hydrogens (tertiary/aromatic N) is 1. The van der Waals surface area contributed by atoms with Gasteiger partial charge in [0.05, 0.1) is 5.75 Å². The second-order valence-electron chi connectivity index (χ2n) is 7.65. The largest absolute Gasteiger partial charge is 0.352 e. The summed E-state index contributed by atoms with van der Waals surface area (Å²) < 4.78 is 0. The van der Waals surface area contributed by atoms with Crippen LogP contribution in [0.15, 0.2) is 60.7 Å². The second-order valence-corrected chi connectivity index (χ2v) is 8.64. The van der Waals surface area contributed by atoms with Crippen LogP contribution in [0.4, 0.5) is 0 Å². The van der Waals surface area contributed by atoms with Crippen molar-refractivity contribution in [1.29, 1.82) is 0 Å². The number of carbonyl (C=O) groups is 2. The highest BCUT2D eigenvalue weighted by Gasteiger charge is 2.28. The van der Waals surface area contributed by atoms with Crippen molar-refractivity contribution in [2.24, 2.45) is 0 Å². The number of thioether (sulfide) groups is 1. The Morgan fingerprint density at radius 3 is 2.21 bits per heavy atom. The minimum absolute atomic E-state index is 0.00357. The molecule has 2 amide bonds. The van der Waals surface area contributed by atoms with E-state index in [1.54, 1.807) is 16.7 Å². The average Bonchev–Trinajstić information content (AvgIpc) is 3.26. The van der Waals surface area contributed by atoms with Gasteiger partial charge in [-0.05, 0) is 30.9 Å². The molecule has 1 saturated carbocycles. The normalized spacial score (nSPS) is 15.1. The van der Waals surface area contributed by atoms with Gasteiger partial charge in [-0.15, -0.1) is 11.8 Å². The average molecular weight is 411 g/mol. The van der Waals surface area contributed by atoms with Gasteiger partial charge >= 0.3 is 0 Å². The molecular formula is C24H30N2O2S. The molecule has 0 bridgehead atoms. The summed E-state index contributed by atoms with van der Waals surface area (Å²) in [6, 6.07) is 19.8. The van der Waals surface area contributed by atoms with E-state index in [0.29, 0.717) is 12.3 Å². The van der Waals surface area contributed by atoms with Gasteiger partial charge in [0.2, 0.25) is 11.8 Å². The zero-order valence-corrected chi connectivity index (χ0v) is 17.9. The summed E-state index contributed by atoms with van der Waals surface area (Å²) in [6.45, 7) is 2.29. The number of hydrogen-bond acceptors (Lipinski definition) is 3. The van der Waals surface area contributed by atoms with Crippen molar-refractivity contribution in [3.63, 3.8) is 0 Å². The van der Waals surface area contributed by atoms with E-state index >= 15 is 0 Å². The molecule has 1 fully saturated rings. The van der Waals surface area contributed by atoms with Gasteiger partial charge in [0, 0.05) is 18.3 Å². The van der Waals surface area contributed by atoms with Crippen molar-refractivity contribution in [3.05, 3.63) is 71.8 Å². The monoisotopic (exact) mass is 410 g/mol. The third-order valence-corrected chi connectivity index (χ3v) is 6.39. The van der Waals surface area contributed by atoms with Crippen molar-refractivity contribution in [1.82, 2.24) is 10.2 Å². The van der Waals surface area contributed by atoms with Crippen LogP contribution in [0.25, 0.3) is 0 Å². The summed E-state index contributed by atoms with van der Waals surface area (Å²) in [5.41, 5.74) is 2.24. The molecule has 0 heterocycles. The lowest BCUT2D eigenvalue weighted by atomic mass is 10.1. The molecule has 1 aliphatic rings. The van der Waals surface area contributed by atoms with Gasteiger partial charge in [0.1, 0.15) is 6.04 Å². The van der Waals surface area contributed by atoms with Crippen molar-refractivity contribution >= 4 is 23.6 Å². The number of carbonyl (C=O) groups excluding carboxylic acids is 2. The highest BCUT2D eigenvalue weighted by atomic mass is 32.2. The van der Waals surface area contributed by atoms with Crippen molar-refractivity contribution in [2.75, 3.05) is 5.75 Å². The van der Waals surface area contributed by atoms with Gasteiger partial charge in [-0.25, -0.2) is 0 Å². The Morgan fingerprint density at radius 2 is 1.59 bits per heavy atom.